The van der Waals surface area contributed by atoms with Crippen LogP contribution in [0.5, 0.6) is 11.5 Å². The fraction of sp³-hybridized carbons (Fsp3) is 0.250. The highest BCUT2D eigenvalue weighted by Gasteiger charge is 2.11. The van der Waals surface area contributed by atoms with E-state index in [1.165, 1.54) is 11.3 Å². The highest BCUT2D eigenvalue weighted by Crippen LogP contribution is 2.33. The zero-order valence-corrected chi connectivity index (χ0v) is 16.1. The van der Waals surface area contributed by atoms with Gasteiger partial charge in [0.25, 0.3) is 0 Å². The van der Waals surface area contributed by atoms with Crippen LogP contribution in [0, 0.1) is 0 Å². The quantitative estimate of drug-likeness (QED) is 0.647. The van der Waals surface area contributed by atoms with Gasteiger partial charge >= 0.3 is 0 Å². The zero-order valence-electron chi connectivity index (χ0n) is 15.3. The molecule has 0 aliphatic heterocycles. The van der Waals surface area contributed by atoms with Gasteiger partial charge in [0.2, 0.25) is 5.91 Å². The Morgan fingerprint density at radius 3 is 2.78 bits per heavy atom. The summed E-state index contributed by atoms with van der Waals surface area (Å²) in [6.07, 6.45) is 4.56. The van der Waals surface area contributed by atoms with Gasteiger partial charge in [0, 0.05) is 29.9 Å². The van der Waals surface area contributed by atoms with Gasteiger partial charge in [0.05, 0.1) is 26.3 Å². The maximum atomic E-state index is 12.1. The molecule has 27 heavy (non-hydrogen) atoms. The molecule has 3 aromatic rings. The summed E-state index contributed by atoms with van der Waals surface area (Å²) in [6, 6.07) is 9.55. The molecule has 0 saturated heterocycles. The van der Waals surface area contributed by atoms with Gasteiger partial charge in [0.15, 0.2) is 11.5 Å². The first-order valence-electron chi connectivity index (χ1n) is 8.52. The lowest BCUT2D eigenvalue weighted by molar-refractivity contribution is -0.120. The van der Waals surface area contributed by atoms with Gasteiger partial charge in [-0.1, -0.05) is 6.07 Å². The van der Waals surface area contributed by atoms with Crippen LogP contribution >= 0.6 is 11.3 Å². The third kappa shape index (κ3) is 5.04. The first kappa shape index (κ1) is 18.8. The van der Waals surface area contributed by atoms with Crippen molar-refractivity contribution in [1.82, 2.24) is 15.3 Å². The van der Waals surface area contributed by atoms with Crippen LogP contribution in [-0.4, -0.2) is 36.6 Å². The molecule has 2 aromatic heterocycles. The molecule has 1 amide bonds. The third-order valence-corrected chi connectivity index (χ3v) is 4.92. The summed E-state index contributed by atoms with van der Waals surface area (Å²) in [6.45, 7) is 0.581. The molecular weight excluding hydrogens is 362 g/mol. The third-order valence-electron chi connectivity index (χ3n) is 3.98. The van der Waals surface area contributed by atoms with Crippen molar-refractivity contribution in [3.63, 3.8) is 0 Å². The summed E-state index contributed by atoms with van der Waals surface area (Å²) < 4.78 is 10.6. The van der Waals surface area contributed by atoms with E-state index in [0.717, 1.165) is 28.2 Å². The van der Waals surface area contributed by atoms with E-state index in [1.54, 1.807) is 20.4 Å². The van der Waals surface area contributed by atoms with E-state index >= 15 is 0 Å². The Kier molecular flexibility index (Phi) is 6.38. The Morgan fingerprint density at radius 1 is 1.19 bits per heavy atom. The molecule has 0 unspecified atom stereocenters. The Bertz CT molecular complexity index is 896. The summed E-state index contributed by atoms with van der Waals surface area (Å²) in [5.41, 5.74) is 2.78. The summed E-state index contributed by atoms with van der Waals surface area (Å²) in [5, 5.41) is 5.67. The number of hydrogen-bond acceptors (Lipinski definition) is 6. The second-order valence-electron chi connectivity index (χ2n) is 5.85. The van der Waals surface area contributed by atoms with E-state index in [4.69, 9.17) is 9.47 Å². The van der Waals surface area contributed by atoms with Crippen molar-refractivity contribution in [3.05, 3.63) is 59.4 Å². The Morgan fingerprint density at radius 2 is 2.04 bits per heavy atom. The number of rotatable bonds is 8. The topological polar surface area (TPSA) is 73.3 Å². The van der Waals surface area contributed by atoms with Gasteiger partial charge in [0.1, 0.15) is 5.01 Å². The van der Waals surface area contributed by atoms with Crippen molar-refractivity contribution < 1.29 is 14.3 Å². The minimum atomic E-state index is -0.0388. The molecule has 1 aromatic carbocycles. The van der Waals surface area contributed by atoms with Gasteiger partial charge in [-0.2, -0.15) is 0 Å². The molecular formula is C20H21N3O3S. The number of benzene rings is 1. The van der Waals surface area contributed by atoms with Crippen LogP contribution in [-0.2, 0) is 17.6 Å². The predicted octanol–water partition coefficient (Wildman–Crippen LogP) is 3.12. The molecule has 0 fully saturated rings. The molecule has 1 N–H and O–H groups in total. The molecule has 2 heterocycles. The fourth-order valence-electron chi connectivity index (χ4n) is 2.61. The second kappa shape index (κ2) is 9.14. The number of thiazole rings is 1. The average molecular weight is 383 g/mol. The minimum Gasteiger partial charge on any atom is -0.493 e. The number of carbonyl (C=O) groups excluding carboxylic acids is 1. The molecule has 0 atom stereocenters. The maximum Gasteiger partial charge on any atom is 0.226 e. The molecule has 0 bridgehead atoms. The van der Waals surface area contributed by atoms with E-state index in [9.17, 15) is 4.79 Å². The fourth-order valence-corrected chi connectivity index (χ4v) is 3.43. The van der Waals surface area contributed by atoms with Crippen LogP contribution in [0.1, 0.15) is 11.3 Å². The summed E-state index contributed by atoms with van der Waals surface area (Å²) >= 11 is 1.50. The second-order valence-corrected chi connectivity index (χ2v) is 6.71. The minimum absolute atomic E-state index is 0.0388. The molecule has 0 aliphatic carbocycles. The van der Waals surface area contributed by atoms with E-state index in [-0.39, 0.29) is 12.3 Å². The van der Waals surface area contributed by atoms with Gasteiger partial charge < -0.3 is 14.8 Å². The maximum absolute atomic E-state index is 12.1. The number of nitrogens with zero attached hydrogens (tertiary/aromatic N) is 2. The SMILES string of the molecule is COc1ccc(-c2nc(CC(=O)NCCc3cccnc3)cs2)cc1OC. The van der Waals surface area contributed by atoms with Crippen molar-refractivity contribution in [1.29, 1.82) is 0 Å². The van der Waals surface area contributed by atoms with Crippen molar-refractivity contribution >= 4 is 17.2 Å². The van der Waals surface area contributed by atoms with Crippen LogP contribution in [0.3, 0.4) is 0 Å². The molecule has 0 radical (unpaired) electrons. The first-order valence-corrected chi connectivity index (χ1v) is 9.40. The molecule has 140 valence electrons. The Labute approximate surface area is 162 Å². The number of pyridine rings is 1. The molecule has 0 aliphatic rings. The monoisotopic (exact) mass is 383 g/mol. The lowest BCUT2D eigenvalue weighted by atomic mass is 10.2. The molecule has 3 rings (SSSR count). The highest BCUT2D eigenvalue weighted by atomic mass is 32.1. The van der Waals surface area contributed by atoms with E-state index in [1.807, 2.05) is 41.9 Å². The lowest BCUT2D eigenvalue weighted by Crippen LogP contribution is -2.27. The van der Waals surface area contributed by atoms with E-state index in [2.05, 4.69) is 15.3 Å². The largest absolute Gasteiger partial charge is 0.493 e. The van der Waals surface area contributed by atoms with Crippen molar-refractivity contribution in [2.24, 2.45) is 0 Å². The number of methoxy groups -OCH3 is 2. The number of hydrogen-bond donors (Lipinski definition) is 1. The molecule has 0 spiro atoms. The zero-order chi connectivity index (χ0) is 19.1. The number of nitrogens with one attached hydrogen (secondary N) is 1. The van der Waals surface area contributed by atoms with Crippen LogP contribution in [0.4, 0.5) is 0 Å². The predicted molar refractivity (Wildman–Crippen MR) is 105 cm³/mol. The van der Waals surface area contributed by atoms with E-state index < -0.39 is 0 Å². The van der Waals surface area contributed by atoms with Crippen LogP contribution < -0.4 is 14.8 Å². The first-order chi connectivity index (χ1) is 13.2. The van der Waals surface area contributed by atoms with Crippen molar-refractivity contribution in [3.8, 4) is 22.1 Å². The van der Waals surface area contributed by atoms with Crippen LogP contribution in [0.25, 0.3) is 10.6 Å². The van der Waals surface area contributed by atoms with Crippen molar-refractivity contribution in [2.75, 3.05) is 20.8 Å². The normalized spacial score (nSPS) is 10.4. The number of carbonyl (C=O) groups is 1. The lowest BCUT2D eigenvalue weighted by Gasteiger charge is -2.08. The van der Waals surface area contributed by atoms with Crippen molar-refractivity contribution in [2.45, 2.75) is 12.8 Å². The van der Waals surface area contributed by atoms with Crippen LogP contribution in [0.15, 0.2) is 48.1 Å². The van der Waals surface area contributed by atoms with Gasteiger partial charge in [-0.05, 0) is 36.2 Å². The smallest absolute Gasteiger partial charge is 0.226 e. The number of aromatic nitrogens is 2. The molecule has 6 nitrogen and oxygen atoms in total. The average Bonchev–Trinajstić information content (AvgIpc) is 3.16. The van der Waals surface area contributed by atoms with Gasteiger partial charge in [-0.25, -0.2) is 4.98 Å². The van der Waals surface area contributed by atoms with Gasteiger partial charge in [-0.3, -0.25) is 9.78 Å². The Hall–Kier alpha value is -2.93. The summed E-state index contributed by atoms with van der Waals surface area (Å²) in [5.74, 6) is 1.29. The highest BCUT2D eigenvalue weighted by molar-refractivity contribution is 7.13. The van der Waals surface area contributed by atoms with Crippen LogP contribution in [0.2, 0.25) is 0 Å². The molecule has 0 saturated carbocycles. The number of amides is 1. The number of ether oxygens (including phenoxy) is 2. The standard InChI is InChI=1S/C20H21N3O3S/c1-25-17-6-5-15(10-18(17)26-2)20-23-16(13-27-20)11-19(24)22-9-7-14-4-3-8-21-12-14/h3-6,8,10,12-13H,7,9,11H2,1-2H3,(H,22,24). The van der Waals surface area contributed by atoms with Gasteiger partial charge in [-0.15, -0.1) is 11.3 Å². The van der Waals surface area contributed by atoms with E-state index in [0.29, 0.717) is 18.0 Å². The molecule has 7 heteroatoms. The Balaban J connectivity index is 1.56. The summed E-state index contributed by atoms with van der Waals surface area (Å²) in [7, 11) is 3.21. The summed E-state index contributed by atoms with van der Waals surface area (Å²) in [4.78, 5) is 20.8.